The molecule has 1 aliphatic heterocycles. The maximum Gasteiger partial charge on any atom is 0.233 e. The molecule has 2 rings (SSSR count). The van der Waals surface area contributed by atoms with E-state index < -0.39 is 0 Å². The molecule has 19 heavy (non-hydrogen) atoms. The SMILES string of the molecule is CNC(=O)CN1CCC(Nc2ccnc(C)n2)CC1. The van der Waals surface area contributed by atoms with Crippen LogP contribution in [0.25, 0.3) is 0 Å². The van der Waals surface area contributed by atoms with Gasteiger partial charge in [0.15, 0.2) is 0 Å². The molecule has 1 aromatic rings. The fourth-order valence-corrected chi connectivity index (χ4v) is 2.26. The minimum Gasteiger partial charge on any atom is -0.367 e. The number of likely N-dealkylation sites (tertiary alicyclic amines) is 1. The van der Waals surface area contributed by atoms with Gasteiger partial charge in [-0.1, -0.05) is 0 Å². The first kappa shape index (κ1) is 13.7. The molecule has 1 fully saturated rings. The molecule has 6 nitrogen and oxygen atoms in total. The zero-order chi connectivity index (χ0) is 13.7. The largest absolute Gasteiger partial charge is 0.367 e. The lowest BCUT2D eigenvalue weighted by atomic mass is 10.1. The van der Waals surface area contributed by atoms with Gasteiger partial charge >= 0.3 is 0 Å². The van der Waals surface area contributed by atoms with Crippen molar-refractivity contribution in [3.8, 4) is 0 Å². The fourth-order valence-electron chi connectivity index (χ4n) is 2.26. The summed E-state index contributed by atoms with van der Waals surface area (Å²) >= 11 is 0. The average molecular weight is 263 g/mol. The highest BCUT2D eigenvalue weighted by Crippen LogP contribution is 2.14. The van der Waals surface area contributed by atoms with Crippen LogP contribution in [0.2, 0.25) is 0 Å². The number of nitrogens with one attached hydrogen (secondary N) is 2. The molecule has 0 spiro atoms. The van der Waals surface area contributed by atoms with Crippen LogP contribution in [0.5, 0.6) is 0 Å². The summed E-state index contributed by atoms with van der Waals surface area (Å²) in [4.78, 5) is 21.9. The molecule has 0 radical (unpaired) electrons. The van der Waals surface area contributed by atoms with Gasteiger partial charge in [0.1, 0.15) is 11.6 Å². The Kier molecular flexibility index (Phi) is 4.68. The molecule has 1 aromatic heterocycles. The second-order valence-electron chi connectivity index (χ2n) is 4.86. The number of rotatable bonds is 4. The minimum atomic E-state index is 0.0813. The lowest BCUT2D eigenvalue weighted by molar-refractivity contribution is -0.122. The summed E-state index contributed by atoms with van der Waals surface area (Å²) < 4.78 is 0. The van der Waals surface area contributed by atoms with Gasteiger partial charge in [0.25, 0.3) is 0 Å². The third-order valence-corrected chi connectivity index (χ3v) is 3.36. The lowest BCUT2D eigenvalue weighted by Crippen LogP contribution is -2.43. The molecular weight excluding hydrogens is 242 g/mol. The average Bonchev–Trinajstić information content (AvgIpc) is 2.41. The molecule has 6 heteroatoms. The summed E-state index contributed by atoms with van der Waals surface area (Å²) in [6.07, 6.45) is 3.82. The van der Waals surface area contributed by atoms with E-state index in [4.69, 9.17) is 0 Å². The smallest absolute Gasteiger partial charge is 0.233 e. The first-order valence-corrected chi connectivity index (χ1v) is 6.66. The van der Waals surface area contributed by atoms with Gasteiger partial charge in [-0.2, -0.15) is 0 Å². The topological polar surface area (TPSA) is 70.2 Å². The number of anilines is 1. The zero-order valence-corrected chi connectivity index (χ0v) is 11.5. The van der Waals surface area contributed by atoms with E-state index >= 15 is 0 Å². The van der Waals surface area contributed by atoms with E-state index in [1.54, 1.807) is 13.2 Å². The minimum absolute atomic E-state index is 0.0813. The highest BCUT2D eigenvalue weighted by atomic mass is 16.1. The van der Waals surface area contributed by atoms with Gasteiger partial charge in [-0.05, 0) is 25.8 Å². The molecule has 0 aromatic carbocycles. The van der Waals surface area contributed by atoms with Crippen LogP contribution in [0.3, 0.4) is 0 Å². The number of nitrogens with zero attached hydrogens (tertiary/aromatic N) is 3. The maximum atomic E-state index is 11.3. The van der Waals surface area contributed by atoms with Crippen LogP contribution in [-0.2, 0) is 4.79 Å². The van der Waals surface area contributed by atoms with E-state index in [0.717, 1.165) is 37.6 Å². The highest BCUT2D eigenvalue weighted by Gasteiger charge is 2.20. The van der Waals surface area contributed by atoms with Crippen molar-refractivity contribution in [1.82, 2.24) is 20.2 Å². The van der Waals surface area contributed by atoms with Crippen molar-refractivity contribution in [2.45, 2.75) is 25.8 Å². The van der Waals surface area contributed by atoms with Gasteiger partial charge in [0.05, 0.1) is 6.54 Å². The maximum absolute atomic E-state index is 11.3. The quantitative estimate of drug-likeness (QED) is 0.823. The lowest BCUT2D eigenvalue weighted by Gasteiger charge is -2.31. The molecule has 0 aliphatic carbocycles. The van der Waals surface area contributed by atoms with Crippen LogP contribution in [0.1, 0.15) is 18.7 Å². The molecule has 1 saturated heterocycles. The predicted octanol–water partition coefficient (Wildman–Crippen LogP) is 0.407. The van der Waals surface area contributed by atoms with Gasteiger partial charge in [0.2, 0.25) is 5.91 Å². The second kappa shape index (κ2) is 6.47. The molecule has 0 atom stereocenters. The summed E-state index contributed by atoms with van der Waals surface area (Å²) in [5.41, 5.74) is 0. The molecule has 1 amide bonds. The summed E-state index contributed by atoms with van der Waals surface area (Å²) in [5.74, 6) is 1.75. The number of piperidine rings is 1. The Morgan fingerprint density at radius 3 is 2.84 bits per heavy atom. The Hall–Kier alpha value is -1.69. The second-order valence-corrected chi connectivity index (χ2v) is 4.86. The van der Waals surface area contributed by atoms with Crippen molar-refractivity contribution in [1.29, 1.82) is 0 Å². The van der Waals surface area contributed by atoms with Crippen molar-refractivity contribution < 1.29 is 4.79 Å². The van der Waals surface area contributed by atoms with Crippen LogP contribution in [0.15, 0.2) is 12.3 Å². The van der Waals surface area contributed by atoms with E-state index in [-0.39, 0.29) is 5.91 Å². The summed E-state index contributed by atoms with van der Waals surface area (Å²) in [6, 6.07) is 2.32. The number of amides is 1. The Morgan fingerprint density at radius 2 is 2.21 bits per heavy atom. The van der Waals surface area contributed by atoms with E-state index in [2.05, 4.69) is 25.5 Å². The summed E-state index contributed by atoms with van der Waals surface area (Å²) in [5, 5.41) is 6.09. The number of hydrogen-bond donors (Lipinski definition) is 2. The van der Waals surface area contributed by atoms with Crippen molar-refractivity contribution in [3.05, 3.63) is 18.1 Å². The summed E-state index contributed by atoms with van der Waals surface area (Å²) in [6.45, 7) is 4.26. The Morgan fingerprint density at radius 1 is 1.47 bits per heavy atom. The zero-order valence-electron chi connectivity index (χ0n) is 11.5. The first-order chi connectivity index (χ1) is 9.17. The van der Waals surface area contributed by atoms with Crippen molar-refractivity contribution in [2.75, 3.05) is 32.0 Å². The van der Waals surface area contributed by atoms with E-state index in [0.29, 0.717) is 12.6 Å². The standard InChI is InChI=1S/C13H21N5O/c1-10-15-6-3-12(16-10)17-11-4-7-18(8-5-11)9-13(19)14-2/h3,6,11H,4-5,7-9H2,1-2H3,(H,14,19)(H,15,16,17). The van der Waals surface area contributed by atoms with E-state index in [1.165, 1.54) is 0 Å². The molecule has 0 unspecified atom stereocenters. The van der Waals surface area contributed by atoms with Crippen molar-refractivity contribution in [2.24, 2.45) is 0 Å². The fraction of sp³-hybridized carbons (Fsp3) is 0.615. The van der Waals surface area contributed by atoms with E-state index in [9.17, 15) is 4.79 Å². The van der Waals surface area contributed by atoms with Crippen LogP contribution in [0.4, 0.5) is 5.82 Å². The van der Waals surface area contributed by atoms with Crippen LogP contribution >= 0.6 is 0 Å². The van der Waals surface area contributed by atoms with Gasteiger partial charge in [-0.15, -0.1) is 0 Å². The van der Waals surface area contributed by atoms with Crippen LogP contribution in [-0.4, -0.2) is 53.5 Å². The number of aryl methyl sites for hydroxylation is 1. The van der Waals surface area contributed by atoms with Crippen molar-refractivity contribution in [3.63, 3.8) is 0 Å². The normalized spacial score (nSPS) is 17.2. The third kappa shape index (κ3) is 4.17. The van der Waals surface area contributed by atoms with Gasteiger partial charge in [-0.25, -0.2) is 9.97 Å². The number of likely N-dealkylation sites (N-methyl/N-ethyl adjacent to an activating group) is 1. The van der Waals surface area contributed by atoms with Gasteiger partial charge in [0, 0.05) is 32.4 Å². The molecule has 104 valence electrons. The van der Waals surface area contributed by atoms with Gasteiger partial charge in [-0.3, -0.25) is 9.69 Å². The number of carbonyl (C=O) groups is 1. The van der Waals surface area contributed by atoms with Crippen molar-refractivity contribution >= 4 is 11.7 Å². The van der Waals surface area contributed by atoms with Crippen LogP contribution in [0, 0.1) is 6.92 Å². The Labute approximate surface area is 113 Å². The Balaban J connectivity index is 1.79. The third-order valence-electron chi connectivity index (χ3n) is 3.36. The molecule has 2 heterocycles. The molecule has 0 bridgehead atoms. The first-order valence-electron chi connectivity index (χ1n) is 6.66. The Bertz CT molecular complexity index is 429. The van der Waals surface area contributed by atoms with E-state index in [1.807, 2.05) is 13.0 Å². The number of hydrogen-bond acceptors (Lipinski definition) is 5. The molecule has 2 N–H and O–H groups in total. The molecule has 0 saturated carbocycles. The van der Waals surface area contributed by atoms with Crippen LogP contribution < -0.4 is 10.6 Å². The monoisotopic (exact) mass is 263 g/mol. The molecule has 1 aliphatic rings. The molecular formula is C13H21N5O. The summed E-state index contributed by atoms with van der Waals surface area (Å²) in [7, 11) is 1.67. The van der Waals surface area contributed by atoms with Gasteiger partial charge < -0.3 is 10.6 Å². The number of aromatic nitrogens is 2. The number of carbonyl (C=O) groups excluding carboxylic acids is 1. The predicted molar refractivity (Wildman–Crippen MR) is 73.9 cm³/mol. The highest BCUT2D eigenvalue weighted by molar-refractivity contribution is 5.77.